The first-order chi connectivity index (χ1) is 10.6. The summed E-state index contributed by atoms with van der Waals surface area (Å²) < 4.78 is 12.4. The Morgan fingerprint density at radius 1 is 1.14 bits per heavy atom. The zero-order valence-electron chi connectivity index (χ0n) is 13.3. The van der Waals surface area contributed by atoms with Gasteiger partial charge in [0.1, 0.15) is 0 Å². The molecule has 118 valence electrons. The number of ether oxygens (including phenoxy) is 2. The average molecular weight is 302 g/mol. The van der Waals surface area contributed by atoms with Gasteiger partial charge >= 0.3 is 0 Å². The predicted octanol–water partition coefficient (Wildman–Crippen LogP) is 1.94. The summed E-state index contributed by atoms with van der Waals surface area (Å²) in [7, 11) is 5.16. The molecule has 0 radical (unpaired) electrons. The summed E-state index contributed by atoms with van der Waals surface area (Å²) in [6.45, 7) is 0.635. The van der Waals surface area contributed by atoms with Crippen LogP contribution in [-0.2, 0) is 24.7 Å². The average Bonchev–Trinajstić information content (AvgIpc) is 2.92. The Morgan fingerprint density at radius 2 is 1.91 bits per heavy atom. The van der Waals surface area contributed by atoms with Crippen LogP contribution in [0.15, 0.2) is 36.7 Å². The maximum absolute atomic E-state index is 12.0. The van der Waals surface area contributed by atoms with Crippen molar-refractivity contribution in [2.24, 2.45) is 7.05 Å². The van der Waals surface area contributed by atoms with Crippen molar-refractivity contribution in [2.75, 3.05) is 20.8 Å². The number of amides is 1. The minimum absolute atomic E-state index is 0.00292. The van der Waals surface area contributed by atoms with E-state index in [0.29, 0.717) is 24.5 Å². The van der Waals surface area contributed by atoms with Crippen molar-refractivity contribution in [3.8, 4) is 11.5 Å². The normalized spacial score (nSPS) is 10.3. The molecule has 0 atom stereocenters. The Labute approximate surface area is 130 Å². The lowest BCUT2D eigenvalue weighted by molar-refractivity contribution is -0.120. The number of aromatic nitrogens is 1. The molecule has 5 heteroatoms. The van der Waals surface area contributed by atoms with Gasteiger partial charge in [0.25, 0.3) is 0 Å². The number of aryl methyl sites for hydroxylation is 1. The minimum atomic E-state index is 0.00292. The van der Waals surface area contributed by atoms with Gasteiger partial charge in [0.2, 0.25) is 5.91 Å². The fraction of sp³-hybridized carbons (Fsp3) is 0.353. The summed E-state index contributed by atoms with van der Waals surface area (Å²) >= 11 is 0. The summed E-state index contributed by atoms with van der Waals surface area (Å²) in [5, 5.41) is 2.93. The number of hydrogen-bond acceptors (Lipinski definition) is 3. The summed E-state index contributed by atoms with van der Waals surface area (Å²) in [4.78, 5) is 12.0. The van der Waals surface area contributed by atoms with Crippen molar-refractivity contribution in [1.29, 1.82) is 0 Å². The first-order valence-electron chi connectivity index (χ1n) is 7.21. The Hall–Kier alpha value is -2.43. The molecule has 0 aliphatic carbocycles. The van der Waals surface area contributed by atoms with Crippen molar-refractivity contribution >= 4 is 5.91 Å². The van der Waals surface area contributed by atoms with Crippen LogP contribution in [0, 0.1) is 0 Å². The highest BCUT2D eigenvalue weighted by molar-refractivity contribution is 5.78. The summed E-state index contributed by atoms with van der Waals surface area (Å²) in [6.07, 6.45) is 5.22. The molecule has 0 saturated heterocycles. The number of benzene rings is 1. The van der Waals surface area contributed by atoms with Crippen LogP contribution in [0.3, 0.4) is 0 Å². The maximum atomic E-state index is 12.0. The Morgan fingerprint density at radius 3 is 2.55 bits per heavy atom. The fourth-order valence-electron chi connectivity index (χ4n) is 2.29. The monoisotopic (exact) mass is 302 g/mol. The second kappa shape index (κ2) is 7.54. The van der Waals surface area contributed by atoms with E-state index in [1.807, 2.05) is 36.0 Å². The lowest BCUT2D eigenvalue weighted by atomic mass is 10.1. The van der Waals surface area contributed by atoms with Gasteiger partial charge in [-0.3, -0.25) is 4.79 Å². The molecular formula is C17H22N2O3. The Balaban J connectivity index is 1.84. The highest BCUT2D eigenvalue weighted by Gasteiger charge is 2.08. The van der Waals surface area contributed by atoms with E-state index in [1.54, 1.807) is 14.2 Å². The minimum Gasteiger partial charge on any atom is -0.493 e. The van der Waals surface area contributed by atoms with E-state index in [0.717, 1.165) is 12.0 Å². The van der Waals surface area contributed by atoms with Gasteiger partial charge in [-0.25, -0.2) is 0 Å². The van der Waals surface area contributed by atoms with Gasteiger partial charge < -0.3 is 19.4 Å². The van der Waals surface area contributed by atoms with E-state index in [9.17, 15) is 4.79 Å². The number of nitrogens with zero attached hydrogens (tertiary/aromatic N) is 1. The Bertz CT molecular complexity index is 635. The molecule has 1 aromatic heterocycles. The zero-order chi connectivity index (χ0) is 15.9. The molecule has 2 aromatic rings. The van der Waals surface area contributed by atoms with E-state index in [1.165, 1.54) is 5.56 Å². The van der Waals surface area contributed by atoms with Crippen LogP contribution in [-0.4, -0.2) is 31.2 Å². The van der Waals surface area contributed by atoms with Crippen molar-refractivity contribution in [3.05, 3.63) is 47.8 Å². The van der Waals surface area contributed by atoms with Crippen molar-refractivity contribution in [3.63, 3.8) is 0 Å². The molecule has 0 aliphatic heterocycles. The smallest absolute Gasteiger partial charge is 0.224 e. The first kappa shape index (κ1) is 15.9. The molecule has 0 spiro atoms. The summed E-state index contributed by atoms with van der Waals surface area (Å²) in [5.41, 5.74) is 2.11. The molecule has 2 rings (SSSR count). The molecule has 1 aromatic carbocycles. The van der Waals surface area contributed by atoms with E-state index in [-0.39, 0.29) is 5.91 Å². The maximum Gasteiger partial charge on any atom is 0.224 e. The van der Waals surface area contributed by atoms with E-state index >= 15 is 0 Å². The van der Waals surface area contributed by atoms with Gasteiger partial charge in [-0.15, -0.1) is 0 Å². The first-order valence-corrected chi connectivity index (χ1v) is 7.21. The van der Waals surface area contributed by atoms with Gasteiger partial charge in [-0.1, -0.05) is 6.07 Å². The number of rotatable bonds is 7. The van der Waals surface area contributed by atoms with E-state index in [4.69, 9.17) is 9.47 Å². The molecular weight excluding hydrogens is 280 g/mol. The van der Waals surface area contributed by atoms with Crippen LogP contribution < -0.4 is 14.8 Å². The lowest BCUT2D eigenvalue weighted by Gasteiger charge is -2.09. The molecule has 0 saturated carbocycles. The zero-order valence-corrected chi connectivity index (χ0v) is 13.3. The molecule has 0 fully saturated rings. The van der Waals surface area contributed by atoms with Gasteiger partial charge in [-0.2, -0.15) is 0 Å². The molecule has 0 unspecified atom stereocenters. The van der Waals surface area contributed by atoms with Gasteiger partial charge in [-0.05, 0) is 35.7 Å². The molecule has 1 N–H and O–H groups in total. The van der Waals surface area contributed by atoms with Crippen LogP contribution >= 0.6 is 0 Å². The topological polar surface area (TPSA) is 52.5 Å². The third-order valence-electron chi connectivity index (χ3n) is 3.44. The van der Waals surface area contributed by atoms with Crippen LogP contribution in [0.1, 0.15) is 11.1 Å². The SMILES string of the molecule is COc1ccc(CC(=O)NCCc2ccn(C)c2)cc1OC. The predicted molar refractivity (Wildman–Crippen MR) is 85.4 cm³/mol. The molecule has 0 aliphatic rings. The summed E-state index contributed by atoms with van der Waals surface area (Å²) in [6, 6.07) is 7.57. The van der Waals surface area contributed by atoms with Gasteiger partial charge in [0, 0.05) is 26.0 Å². The number of methoxy groups -OCH3 is 2. The summed E-state index contributed by atoms with van der Waals surface area (Å²) in [5.74, 6) is 1.30. The second-order valence-corrected chi connectivity index (χ2v) is 5.15. The molecule has 5 nitrogen and oxygen atoms in total. The Kier molecular flexibility index (Phi) is 5.47. The van der Waals surface area contributed by atoms with Crippen molar-refractivity contribution < 1.29 is 14.3 Å². The van der Waals surface area contributed by atoms with Crippen molar-refractivity contribution in [2.45, 2.75) is 12.8 Å². The quantitative estimate of drug-likeness (QED) is 0.850. The van der Waals surface area contributed by atoms with Crippen LogP contribution in [0.25, 0.3) is 0 Å². The van der Waals surface area contributed by atoms with E-state index < -0.39 is 0 Å². The fourth-order valence-corrected chi connectivity index (χ4v) is 2.29. The molecule has 1 heterocycles. The van der Waals surface area contributed by atoms with Gasteiger partial charge in [0.05, 0.1) is 20.6 Å². The van der Waals surface area contributed by atoms with E-state index in [2.05, 4.69) is 17.6 Å². The molecule has 0 bridgehead atoms. The molecule has 22 heavy (non-hydrogen) atoms. The molecule has 1 amide bonds. The third-order valence-corrected chi connectivity index (χ3v) is 3.44. The number of carbonyl (C=O) groups is 1. The third kappa shape index (κ3) is 4.28. The largest absolute Gasteiger partial charge is 0.493 e. The van der Waals surface area contributed by atoms with Crippen LogP contribution in [0.2, 0.25) is 0 Å². The standard InChI is InChI=1S/C17H22N2O3/c1-19-9-7-13(12-19)6-8-18-17(20)11-14-4-5-15(21-2)16(10-14)22-3/h4-5,7,9-10,12H,6,8,11H2,1-3H3,(H,18,20). The number of carbonyl (C=O) groups excluding carboxylic acids is 1. The highest BCUT2D eigenvalue weighted by atomic mass is 16.5. The number of nitrogens with one attached hydrogen (secondary N) is 1. The second-order valence-electron chi connectivity index (χ2n) is 5.15. The van der Waals surface area contributed by atoms with Crippen LogP contribution in [0.5, 0.6) is 11.5 Å². The highest BCUT2D eigenvalue weighted by Crippen LogP contribution is 2.27. The lowest BCUT2D eigenvalue weighted by Crippen LogP contribution is -2.27. The van der Waals surface area contributed by atoms with Gasteiger partial charge in [0.15, 0.2) is 11.5 Å². The number of hydrogen-bond donors (Lipinski definition) is 1. The van der Waals surface area contributed by atoms with Crippen molar-refractivity contribution in [1.82, 2.24) is 9.88 Å². The van der Waals surface area contributed by atoms with Crippen LogP contribution in [0.4, 0.5) is 0 Å².